The smallest absolute Gasteiger partial charge is 0.0923 e. The van der Waals surface area contributed by atoms with Crippen molar-refractivity contribution in [2.45, 2.75) is 43.2 Å². The van der Waals surface area contributed by atoms with Gasteiger partial charge in [0.05, 0.1) is 5.60 Å². The summed E-state index contributed by atoms with van der Waals surface area (Å²) in [6, 6.07) is 43.3. The predicted molar refractivity (Wildman–Crippen MR) is 144 cm³/mol. The van der Waals surface area contributed by atoms with Crippen molar-refractivity contribution >= 4 is 0 Å². The maximum absolute atomic E-state index is 11.5. The molecule has 0 amide bonds. The van der Waals surface area contributed by atoms with Gasteiger partial charge in [0.15, 0.2) is 0 Å². The molecule has 1 fully saturated rings. The van der Waals surface area contributed by atoms with Crippen LogP contribution in [-0.4, -0.2) is 29.1 Å². The van der Waals surface area contributed by atoms with Crippen molar-refractivity contribution in [3.8, 4) is 0 Å². The number of piperidine rings is 1. The summed E-state index contributed by atoms with van der Waals surface area (Å²) in [6.07, 6.45) is 2.49. The average Bonchev–Trinajstić information content (AvgIpc) is 2.92. The standard InChI is InChI=1S/C33H35NO/c1-27-26-32(35,28-14-6-2-7-15-28)22-24-34(27)25-23-33(29-16-8-3-9-17-29,30-18-10-4-11-19-30)31-20-12-5-13-21-31/h2-21,27,35H,22-26H2,1H3. The molecule has 0 spiro atoms. The minimum Gasteiger partial charge on any atom is -0.385 e. The Kier molecular flexibility index (Phi) is 6.86. The van der Waals surface area contributed by atoms with E-state index in [2.05, 4.69) is 115 Å². The van der Waals surface area contributed by atoms with Crippen LogP contribution in [0.2, 0.25) is 0 Å². The van der Waals surface area contributed by atoms with Crippen LogP contribution in [0.25, 0.3) is 0 Å². The molecule has 2 nitrogen and oxygen atoms in total. The SMILES string of the molecule is CC1CC(O)(c2ccccc2)CCN1CCC(c1ccccc1)(c1ccccc1)c1ccccc1. The molecule has 1 aliphatic rings. The summed E-state index contributed by atoms with van der Waals surface area (Å²) in [5.41, 5.74) is 4.02. The highest BCUT2D eigenvalue weighted by Crippen LogP contribution is 2.43. The minimum absolute atomic E-state index is 0.239. The second-order valence-electron chi connectivity index (χ2n) is 9.99. The molecule has 0 bridgehead atoms. The highest BCUT2D eigenvalue weighted by Gasteiger charge is 2.40. The molecule has 2 unspecified atom stereocenters. The summed E-state index contributed by atoms with van der Waals surface area (Å²) in [4.78, 5) is 2.57. The molecule has 2 atom stereocenters. The number of likely N-dealkylation sites (tertiary alicyclic amines) is 1. The Hall–Kier alpha value is -3.20. The molecule has 178 valence electrons. The first-order valence-corrected chi connectivity index (χ1v) is 12.8. The van der Waals surface area contributed by atoms with Crippen molar-refractivity contribution in [2.75, 3.05) is 13.1 Å². The lowest BCUT2D eigenvalue weighted by Crippen LogP contribution is -2.49. The third-order valence-electron chi connectivity index (χ3n) is 7.95. The fourth-order valence-electron chi connectivity index (χ4n) is 6.02. The summed E-state index contributed by atoms with van der Waals surface area (Å²) in [5, 5.41) is 11.5. The number of rotatable bonds is 7. The normalized spacial score (nSPS) is 21.0. The van der Waals surface area contributed by atoms with E-state index < -0.39 is 5.60 Å². The number of hydrogen-bond donors (Lipinski definition) is 1. The molecule has 0 aromatic heterocycles. The molecule has 35 heavy (non-hydrogen) atoms. The lowest BCUT2D eigenvalue weighted by atomic mass is 9.67. The van der Waals surface area contributed by atoms with Crippen molar-refractivity contribution in [1.29, 1.82) is 0 Å². The minimum atomic E-state index is -0.743. The Balaban J connectivity index is 1.47. The molecule has 0 aliphatic carbocycles. The molecule has 1 saturated heterocycles. The van der Waals surface area contributed by atoms with E-state index in [9.17, 15) is 5.11 Å². The van der Waals surface area contributed by atoms with Crippen LogP contribution in [0.15, 0.2) is 121 Å². The number of hydrogen-bond acceptors (Lipinski definition) is 2. The average molecular weight is 462 g/mol. The van der Waals surface area contributed by atoms with Crippen LogP contribution < -0.4 is 0 Å². The zero-order valence-electron chi connectivity index (χ0n) is 20.6. The van der Waals surface area contributed by atoms with Gasteiger partial charge < -0.3 is 10.0 Å². The molecular formula is C33H35NO. The second kappa shape index (κ2) is 10.2. The summed E-state index contributed by atoms with van der Waals surface area (Å²) in [5.74, 6) is 0. The van der Waals surface area contributed by atoms with Crippen LogP contribution in [0.1, 0.15) is 48.4 Å². The first kappa shape index (κ1) is 23.5. The molecule has 1 heterocycles. The van der Waals surface area contributed by atoms with Crippen molar-refractivity contribution in [1.82, 2.24) is 4.90 Å². The molecule has 1 aliphatic heterocycles. The number of aliphatic hydroxyl groups is 1. The Morgan fingerprint density at radius 2 is 1.14 bits per heavy atom. The van der Waals surface area contributed by atoms with Crippen molar-refractivity contribution in [3.05, 3.63) is 144 Å². The van der Waals surface area contributed by atoms with Gasteiger partial charge in [-0.2, -0.15) is 0 Å². The van der Waals surface area contributed by atoms with Gasteiger partial charge in [-0.3, -0.25) is 0 Å². The maximum Gasteiger partial charge on any atom is 0.0923 e. The van der Waals surface area contributed by atoms with Crippen molar-refractivity contribution < 1.29 is 5.11 Å². The van der Waals surface area contributed by atoms with E-state index >= 15 is 0 Å². The second-order valence-corrected chi connectivity index (χ2v) is 9.99. The number of nitrogens with zero attached hydrogens (tertiary/aromatic N) is 1. The van der Waals surface area contributed by atoms with Gasteiger partial charge in [0.1, 0.15) is 0 Å². The van der Waals surface area contributed by atoms with Crippen LogP contribution in [-0.2, 0) is 11.0 Å². The van der Waals surface area contributed by atoms with Crippen LogP contribution in [0.4, 0.5) is 0 Å². The van der Waals surface area contributed by atoms with E-state index in [-0.39, 0.29) is 5.41 Å². The van der Waals surface area contributed by atoms with E-state index in [4.69, 9.17) is 0 Å². The molecule has 0 radical (unpaired) electrons. The fourth-order valence-corrected chi connectivity index (χ4v) is 6.02. The van der Waals surface area contributed by atoms with Gasteiger partial charge in [-0.25, -0.2) is 0 Å². The first-order valence-electron chi connectivity index (χ1n) is 12.8. The van der Waals surface area contributed by atoms with E-state index in [1.54, 1.807) is 0 Å². The van der Waals surface area contributed by atoms with Crippen LogP contribution >= 0.6 is 0 Å². The molecule has 2 heteroatoms. The monoisotopic (exact) mass is 461 g/mol. The highest BCUT2D eigenvalue weighted by molar-refractivity contribution is 5.50. The maximum atomic E-state index is 11.5. The Labute approximate surface area is 209 Å². The largest absolute Gasteiger partial charge is 0.385 e. The van der Waals surface area contributed by atoms with Crippen LogP contribution in [0, 0.1) is 0 Å². The van der Waals surface area contributed by atoms with E-state index in [1.807, 2.05) is 18.2 Å². The van der Waals surface area contributed by atoms with Gasteiger partial charge in [-0.1, -0.05) is 121 Å². The third kappa shape index (κ3) is 4.69. The lowest BCUT2D eigenvalue weighted by molar-refractivity contribution is -0.0486. The van der Waals surface area contributed by atoms with Crippen LogP contribution in [0.3, 0.4) is 0 Å². The summed E-state index contributed by atoms with van der Waals surface area (Å²) < 4.78 is 0. The zero-order chi connectivity index (χ0) is 24.1. The lowest BCUT2D eigenvalue weighted by Gasteiger charge is -2.45. The summed E-state index contributed by atoms with van der Waals surface area (Å²) in [6.45, 7) is 4.12. The highest BCUT2D eigenvalue weighted by atomic mass is 16.3. The Bertz CT molecular complexity index is 1100. The molecule has 5 rings (SSSR count). The first-order chi connectivity index (χ1) is 17.1. The fraction of sp³-hybridized carbons (Fsp3) is 0.273. The van der Waals surface area contributed by atoms with Gasteiger partial charge in [-0.05, 0) is 55.0 Å². The molecule has 0 saturated carbocycles. The molecule has 1 N–H and O–H groups in total. The van der Waals surface area contributed by atoms with E-state index in [0.29, 0.717) is 6.04 Å². The quantitative estimate of drug-likeness (QED) is 0.307. The molecule has 4 aromatic carbocycles. The van der Waals surface area contributed by atoms with Crippen LogP contribution in [0.5, 0.6) is 0 Å². The van der Waals surface area contributed by atoms with Gasteiger partial charge in [0.25, 0.3) is 0 Å². The molecular weight excluding hydrogens is 426 g/mol. The Morgan fingerprint density at radius 1 is 0.714 bits per heavy atom. The predicted octanol–water partition coefficient (Wildman–Crippen LogP) is 6.78. The van der Waals surface area contributed by atoms with E-state index in [0.717, 1.165) is 37.9 Å². The molecule has 4 aromatic rings. The third-order valence-corrected chi connectivity index (χ3v) is 7.95. The Morgan fingerprint density at radius 3 is 1.57 bits per heavy atom. The topological polar surface area (TPSA) is 23.5 Å². The summed E-state index contributed by atoms with van der Waals surface area (Å²) >= 11 is 0. The van der Waals surface area contributed by atoms with Gasteiger partial charge in [0, 0.05) is 18.0 Å². The van der Waals surface area contributed by atoms with Gasteiger partial charge in [0.2, 0.25) is 0 Å². The van der Waals surface area contributed by atoms with Gasteiger partial charge >= 0.3 is 0 Å². The van der Waals surface area contributed by atoms with E-state index in [1.165, 1.54) is 16.7 Å². The summed E-state index contributed by atoms with van der Waals surface area (Å²) in [7, 11) is 0. The van der Waals surface area contributed by atoms with Crippen molar-refractivity contribution in [3.63, 3.8) is 0 Å². The van der Waals surface area contributed by atoms with Gasteiger partial charge in [-0.15, -0.1) is 0 Å². The van der Waals surface area contributed by atoms with Crippen molar-refractivity contribution in [2.24, 2.45) is 0 Å². The zero-order valence-corrected chi connectivity index (χ0v) is 20.6. The number of benzene rings is 4.